The van der Waals surface area contributed by atoms with Gasteiger partial charge >= 0.3 is 0 Å². The Bertz CT molecular complexity index is 975. The number of carbonyl (C=O) groups excluding carboxylic acids is 2. The summed E-state index contributed by atoms with van der Waals surface area (Å²) in [6.45, 7) is 11.3. The van der Waals surface area contributed by atoms with E-state index in [1.807, 2.05) is 17.0 Å². The number of nitrogens with one attached hydrogen (secondary N) is 1. The van der Waals surface area contributed by atoms with Gasteiger partial charge in [-0.05, 0) is 67.4 Å². The molecule has 2 amide bonds. The van der Waals surface area contributed by atoms with Crippen molar-refractivity contribution in [3.8, 4) is 0 Å². The molecule has 4 rings (SSSR count). The average Bonchev–Trinajstić information content (AvgIpc) is 3.47. The zero-order valence-electron chi connectivity index (χ0n) is 20.1. The summed E-state index contributed by atoms with van der Waals surface area (Å²) in [5, 5.41) is 3.16. The van der Waals surface area contributed by atoms with Gasteiger partial charge in [-0.2, -0.15) is 0 Å². The van der Waals surface area contributed by atoms with E-state index in [9.17, 15) is 9.59 Å². The Hall–Kier alpha value is -2.37. The smallest absolute Gasteiger partial charge is 0.274 e. The maximum Gasteiger partial charge on any atom is 0.274 e. The standard InChI is InChI=1S/C26H38N4O2/c1-5-14-29(16-19-11-12-19)25(32)21-17-30-22(9-6-10-23(30)28-21)24(31)27-15-20-8-7-13-26(3,4)18(20)2/h6,9-10,17-20H,5,7-8,11-16H2,1-4H3,(H,27,31). The molecule has 2 heterocycles. The minimum Gasteiger partial charge on any atom is -0.350 e. The van der Waals surface area contributed by atoms with Crippen LogP contribution < -0.4 is 5.32 Å². The number of imidazole rings is 1. The van der Waals surface area contributed by atoms with Crippen LogP contribution in [-0.4, -0.2) is 45.7 Å². The van der Waals surface area contributed by atoms with Gasteiger partial charge in [-0.1, -0.05) is 40.2 Å². The summed E-state index contributed by atoms with van der Waals surface area (Å²) >= 11 is 0. The van der Waals surface area contributed by atoms with Gasteiger partial charge in [-0.15, -0.1) is 0 Å². The Kier molecular flexibility index (Phi) is 6.59. The van der Waals surface area contributed by atoms with Crippen LogP contribution in [0.4, 0.5) is 0 Å². The zero-order valence-corrected chi connectivity index (χ0v) is 20.1. The summed E-state index contributed by atoms with van der Waals surface area (Å²) in [5.74, 6) is 1.56. The first-order valence-corrected chi connectivity index (χ1v) is 12.4. The van der Waals surface area contributed by atoms with Crippen LogP contribution in [0.15, 0.2) is 24.4 Å². The van der Waals surface area contributed by atoms with Crippen LogP contribution >= 0.6 is 0 Å². The first-order chi connectivity index (χ1) is 15.3. The van der Waals surface area contributed by atoms with E-state index in [1.165, 1.54) is 25.7 Å². The highest BCUT2D eigenvalue weighted by Crippen LogP contribution is 2.43. The fourth-order valence-electron chi connectivity index (χ4n) is 5.15. The fraction of sp³-hybridized carbons (Fsp3) is 0.654. The molecule has 2 aromatic rings. The number of rotatable bonds is 8. The van der Waals surface area contributed by atoms with Gasteiger partial charge in [0.2, 0.25) is 0 Å². The molecule has 2 aromatic heterocycles. The molecule has 1 N–H and O–H groups in total. The van der Waals surface area contributed by atoms with Gasteiger partial charge in [0.1, 0.15) is 17.0 Å². The fourth-order valence-corrected chi connectivity index (χ4v) is 5.15. The second kappa shape index (κ2) is 9.24. The summed E-state index contributed by atoms with van der Waals surface area (Å²) < 4.78 is 1.76. The monoisotopic (exact) mass is 438 g/mol. The number of nitrogens with zero attached hydrogens (tertiary/aromatic N) is 3. The Morgan fingerprint density at radius 3 is 2.75 bits per heavy atom. The lowest BCUT2D eigenvalue weighted by molar-refractivity contribution is 0.0741. The molecule has 2 aliphatic rings. The summed E-state index contributed by atoms with van der Waals surface area (Å²) in [5.41, 5.74) is 1.90. The van der Waals surface area contributed by atoms with Crippen LogP contribution in [0.5, 0.6) is 0 Å². The van der Waals surface area contributed by atoms with Gasteiger partial charge in [0.25, 0.3) is 11.8 Å². The second-order valence-electron chi connectivity index (χ2n) is 10.6. The van der Waals surface area contributed by atoms with Crippen LogP contribution in [0.3, 0.4) is 0 Å². The highest BCUT2D eigenvalue weighted by molar-refractivity contribution is 5.95. The van der Waals surface area contributed by atoms with Crippen molar-refractivity contribution in [2.24, 2.45) is 23.2 Å². The molecular weight excluding hydrogens is 400 g/mol. The van der Waals surface area contributed by atoms with Gasteiger partial charge in [0.05, 0.1) is 0 Å². The van der Waals surface area contributed by atoms with Crippen molar-refractivity contribution in [3.63, 3.8) is 0 Å². The van der Waals surface area contributed by atoms with Crippen molar-refractivity contribution in [2.45, 2.75) is 66.2 Å². The van der Waals surface area contributed by atoms with E-state index in [-0.39, 0.29) is 11.8 Å². The normalized spacial score (nSPS) is 22.6. The number of aromatic nitrogens is 2. The molecule has 0 aromatic carbocycles. The maximum atomic E-state index is 13.1. The quantitative estimate of drug-likeness (QED) is 0.644. The molecule has 0 aliphatic heterocycles. The van der Waals surface area contributed by atoms with Crippen LogP contribution in [0.25, 0.3) is 5.65 Å². The lowest BCUT2D eigenvalue weighted by Gasteiger charge is -2.42. The molecule has 2 atom stereocenters. The van der Waals surface area contributed by atoms with E-state index in [1.54, 1.807) is 16.7 Å². The molecule has 2 saturated carbocycles. The van der Waals surface area contributed by atoms with Crippen molar-refractivity contribution < 1.29 is 9.59 Å². The van der Waals surface area contributed by atoms with Crippen molar-refractivity contribution in [1.29, 1.82) is 0 Å². The van der Waals surface area contributed by atoms with Crippen LogP contribution in [-0.2, 0) is 0 Å². The van der Waals surface area contributed by atoms with Crippen molar-refractivity contribution in [2.75, 3.05) is 19.6 Å². The summed E-state index contributed by atoms with van der Waals surface area (Å²) in [7, 11) is 0. The third kappa shape index (κ3) is 4.84. The molecule has 0 radical (unpaired) electrons. The third-order valence-corrected chi connectivity index (χ3v) is 7.76. The number of pyridine rings is 1. The highest BCUT2D eigenvalue weighted by Gasteiger charge is 2.35. The number of amides is 2. The topological polar surface area (TPSA) is 66.7 Å². The van der Waals surface area contributed by atoms with Gasteiger partial charge in [0.15, 0.2) is 0 Å². The molecule has 2 fully saturated rings. The predicted molar refractivity (Wildman–Crippen MR) is 127 cm³/mol. The first-order valence-electron chi connectivity index (χ1n) is 12.4. The van der Waals surface area contributed by atoms with Crippen LogP contribution in [0.1, 0.15) is 87.2 Å². The van der Waals surface area contributed by atoms with E-state index in [2.05, 4.69) is 38.0 Å². The van der Waals surface area contributed by atoms with Crippen molar-refractivity contribution in [1.82, 2.24) is 19.6 Å². The lowest BCUT2D eigenvalue weighted by Crippen LogP contribution is -2.40. The second-order valence-corrected chi connectivity index (χ2v) is 10.6. The van der Waals surface area contributed by atoms with Gasteiger partial charge in [0, 0.05) is 25.8 Å². The molecule has 6 nitrogen and oxygen atoms in total. The molecule has 0 bridgehead atoms. The molecular formula is C26H38N4O2. The van der Waals surface area contributed by atoms with Gasteiger partial charge < -0.3 is 10.2 Å². The lowest BCUT2D eigenvalue weighted by atomic mass is 9.64. The van der Waals surface area contributed by atoms with Gasteiger partial charge in [-0.25, -0.2) is 4.98 Å². The van der Waals surface area contributed by atoms with Crippen LogP contribution in [0.2, 0.25) is 0 Å². The highest BCUT2D eigenvalue weighted by atomic mass is 16.2. The van der Waals surface area contributed by atoms with Crippen molar-refractivity contribution >= 4 is 17.5 Å². The SMILES string of the molecule is CCCN(CC1CC1)C(=O)c1cn2c(C(=O)NCC3CCCC(C)(C)C3C)cccc2n1. The minimum atomic E-state index is -0.106. The zero-order chi connectivity index (χ0) is 22.9. The molecule has 174 valence electrons. The summed E-state index contributed by atoms with van der Waals surface area (Å²) in [6, 6.07) is 5.50. The Labute approximate surface area is 191 Å². The van der Waals surface area contributed by atoms with E-state index in [4.69, 9.17) is 0 Å². The number of carbonyl (C=O) groups is 2. The first kappa shape index (κ1) is 22.8. The Balaban J connectivity index is 1.49. The molecule has 6 heteroatoms. The third-order valence-electron chi connectivity index (χ3n) is 7.76. The van der Waals surface area contributed by atoms with E-state index < -0.39 is 0 Å². The summed E-state index contributed by atoms with van der Waals surface area (Å²) in [4.78, 5) is 32.7. The molecule has 0 saturated heterocycles. The van der Waals surface area contributed by atoms with Crippen molar-refractivity contribution in [3.05, 3.63) is 35.8 Å². The molecule has 2 unspecified atom stereocenters. The van der Waals surface area contributed by atoms with Gasteiger partial charge in [-0.3, -0.25) is 14.0 Å². The van der Waals surface area contributed by atoms with Crippen LogP contribution in [0, 0.1) is 23.2 Å². The van der Waals surface area contributed by atoms with E-state index in [0.29, 0.717) is 46.7 Å². The largest absolute Gasteiger partial charge is 0.350 e. The van der Waals surface area contributed by atoms with E-state index >= 15 is 0 Å². The number of fused-ring (bicyclic) bond motifs is 1. The predicted octanol–water partition coefficient (Wildman–Crippen LogP) is 4.79. The summed E-state index contributed by atoms with van der Waals surface area (Å²) in [6.07, 6.45) is 8.70. The minimum absolute atomic E-state index is 0.0351. The molecule has 0 spiro atoms. The molecule has 2 aliphatic carbocycles. The number of hydrogen-bond acceptors (Lipinski definition) is 3. The maximum absolute atomic E-state index is 13.1. The number of hydrogen-bond donors (Lipinski definition) is 1. The average molecular weight is 439 g/mol. The Morgan fingerprint density at radius 2 is 2.03 bits per heavy atom. The van der Waals surface area contributed by atoms with E-state index in [0.717, 1.165) is 25.9 Å². The molecule has 32 heavy (non-hydrogen) atoms. The Morgan fingerprint density at radius 1 is 1.25 bits per heavy atom.